The normalized spacial score (nSPS) is 11.2. The van der Waals surface area contributed by atoms with Crippen molar-refractivity contribution in [1.29, 1.82) is 0 Å². The number of aromatic hydroxyl groups is 1. The van der Waals surface area contributed by atoms with Crippen LogP contribution >= 0.6 is 0 Å². The zero-order valence-electron chi connectivity index (χ0n) is 12.8. The van der Waals surface area contributed by atoms with Crippen LogP contribution in [0.2, 0.25) is 0 Å². The monoisotopic (exact) mass is 324 g/mol. The molecule has 0 fully saturated rings. The number of halogens is 2. The fourth-order valence-electron chi connectivity index (χ4n) is 2.52. The second-order valence-corrected chi connectivity index (χ2v) is 5.66. The number of carbonyl (C=O) groups is 1. The first kappa shape index (κ1) is 16.7. The van der Waals surface area contributed by atoms with Crippen LogP contribution in [-0.4, -0.2) is 21.5 Å². The van der Waals surface area contributed by atoms with Crippen LogP contribution in [0.4, 0.5) is 8.78 Å². The molecule has 0 atom stereocenters. The van der Waals surface area contributed by atoms with E-state index >= 15 is 0 Å². The van der Waals surface area contributed by atoms with Gasteiger partial charge in [0.05, 0.1) is 11.8 Å². The van der Waals surface area contributed by atoms with Crippen LogP contribution < -0.4 is 11.5 Å². The number of nitrogens with two attached hydrogens (primary N) is 2. The molecule has 23 heavy (non-hydrogen) atoms. The SMILES string of the molecule is CC(C)Cn1c(O)c2c(F)ccc(F)c2c1CC(=O)N=C(N)N. The summed E-state index contributed by atoms with van der Waals surface area (Å²) in [5.74, 6) is -2.97. The van der Waals surface area contributed by atoms with Gasteiger partial charge in [-0.2, -0.15) is 4.99 Å². The van der Waals surface area contributed by atoms with E-state index in [2.05, 4.69) is 4.99 Å². The molecule has 0 spiro atoms. The van der Waals surface area contributed by atoms with Crippen LogP contribution in [0.3, 0.4) is 0 Å². The van der Waals surface area contributed by atoms with Gasteiger partial charge in [0.15, 0.2) is 5.96 Å². The van der Waals surface area contributed by atoms with Crippen LogP contribution in [0.25, 0.3) is 10.8 Å². The van der Waals surface area contributed by atoms with Gasteiger partial charge in [0.1, 0.15) is 11.6 Å². The maximum atomic E-state index is 14.2. The smallest absolute Gasteiger partial charge is 0.254 e. The lowest BCUT2D eigenvalue weighted by atomic mass is 10.1. The third-order valence-electron chi connectivity index (χ3n) is 3.32. The average molecular weight is 324 g/mol. The highest BCUT2D eigenvalue weighted by atomic mass is 19.1. The summed E-state index contributed by atoms with van der Waals surface area (Å²) in [4.78, 5) is 15.2. The molecule has 8 heteroatoms. The molecule has 1 aromatic heterocycles. The van der Waals surface area contributed by atoms with Gasteiger partial charge in [-0.05, 0) is 18.1 Å². The van der Waals surface area contributed by atoms with Crippen LogP contribution in [0.1, 0.15) is 19.5 Å². The van der Waals surface area contributed by atoms with E-state index in [1.54, 1.807) is 0 Å². The molecule has 0 aliphatic rings. The summed E-state index contributed by atoms with van der Waals surface area (Å²) >= 11 is 0. The minimum absolute atomic E-state index is 0.0748. The standard InChI is InChI=1S/C15H18F2N4O2/c1-7(2)6-21-10(5-11(22)20-15(18)19)12-8(16)3-4-9(17)13(12)14(21)23/h3-4,7,23H,5-6H2,1-2H3,(H4,18,19,20,22). The number of aliphatic imine (C=N–C) groups is 1. The molecule has 6 nitrogen and oxygen atoms in total. The van der Waals surface area contributed by atoms with Crippen molar-refractivity contribution in [1.82, 2.24) is 4.57 Å². The first-order chi connectivity index (χ1) is 10.7. The number of nitrogens with zero attached hydrogens (tertiary/aromatic N) is 2. The summed E-state index contributed by atoms with van der Waals surface area (Å²) in [6.07, 6.45) is -0.359. The molecule has 0 saturated heterocycles. The molecule has 1 aromatic carbocycles. The lowest BCUT2D eigenvalue weighted by Crippen LogP contribution is -2.25. The number of benzene rings is 1. The van der Waals surface area contributed by atoms with Gasteiger partial charge in [-0.25, -0.2) is 8.78 Å². The van der Waals surface area contributed by atoms with E-state index in [9.17, 15) is 18.7 Å². The number of amides is 1. The average Bonchev–Trinajstić information content (AvgIpc) is 2.68. The Hall–Kier alpha value is -2.64. The van der Waals surface area contributed by atoms with Crippen LogP contribution in [-0.2, 0) is 17.8 Å². The molecule has 124 valence electrons. The Kier molecular flexibility index (Phi) is 4.53. The fourth-order valence-corrected chi connectivity index (χ4v) is 2.52. The van der Waals surface area contributed by atoms with E-state index in [4.69, 9.17) is 11.5 Å². The largest absolute Gasteiger partial charge is 0.494 e. The summed E-state index contributed by atoms with van der Waals surface area (Å²) in [7, 11) is 0. The Morgan fingerprint density at radius 2 is 1.83 bits per heavy atom. The topological polar surface area (TPSA) is 107 Å². The van der Waals surface area contributed by atoms with Crippen molar-refractivity contribution in [2.24, 2.45) is 22.4 Å². The molecule has 5 N–H and O–H groups in total. The van der Waals surface area contributed by atoms with Crippen LogP contribution in [0.15, 0.2) is 17.1 Å². The van der Waals surface area contributed by atoms with Gasteiger partial charge < -0.3 is 21.1 Å². The molecule has 0 radical (unpaired) electrons. The molecule has 0 aliphatic heterocycles. The summed E-state index contributed by atoms with van der Waals surface area (Å²) < 4.78 is 29.5. The molecule has 2 aromatic rings. The van der Waals surface area contributed by atoms with E-state index in [-0.39, 0.29) is 35.3 Å². The van der Waals surface area contributed by atoms with Crippen molar-refractivity contribution in [3.8, 4) is 5.88 Å². The van der Waals surface area contributed by atoms with E-state index < -0.39 is 29.4 Å². The van der Waals surface area contributed by atoms with E-state index in [1.807, 2.05) is 13.8 Å². The molecule has 1 heterocycles. The first-order valence-corrected chi connectivity index (χ1v) is 7.02. The minimum Gasteiger partial charge on any atom is -0.494 e. The van der Waals surface area contributed by atoms with Gasteiger partial charge in [0.25, 0.3) is 5.91 Å². The molecule has 0 unspecified atom stereocenters. The van der Waals surface area contributed by atoms with Gasteiger partial charge in [-0.15, -0.1) is 0 Å². The molecule has 0 aliphatic carbocycles. The van der Waals surface area contributed by atoms with Gasteiger partial charge >= 0.3 is 0 Å². The Morgan fingerprint density at radius 1 is 1.26 bits per heavy atom. The van der Waals surface area contributed by atoms with E-state index in [1.165, 1.54) is 4.57 Å². The highest BCUT2D eigenvalue weighted by molar-refractivity contribution is 5.97. The maximum Gasteiger partial charge on any atom is 0.254 e. The Morgan fingerprint density at radius 3 is 2.35 bits per heavy atom. The Balaban J connectivity index is 2.70. The summed E-state index contributed by atoms with van der Waals surface area (Å²) in [5, 5.41) is 9.89. The minimum atomic E-state index is -0.767. The lowest BCUT2D eigenvalue weighted by Gasteiger charge is -2.12. The number of rotatable bonds is 4. The van der Waals surface area contributed by atoms with Crippen LogP contribution in [0.5, 0.6) is 5.88 Å². The Bertz CT molecular complexity index is 793. The van der Waals surface area contributed by atoms with Crippen molar-refractivity contribution >= 4 is 22.6 Å². The zero-order valence-corrected chi connectivity index (χ0v) is 12.8. The summed E-state index contributed by atoms with van der Waals surface area (Å²) in [6.45, 7) is 4.03. The number of aromatic nitrogens is 1. The van der Waals surface area contributed by atoms with Crippen LogP contribution in [0, 0.1) is 17.6 Å². The molecule has 1 amide bonds. The summed E-state index contributed by atoms with van der Waals surface area (Å²) in [5.41, 5.74) is 10.4. The molecular weight excluding hydrogens is 306 g/mol. The predicted molar refractivity (Wildman–Crippen MR) is 82.9 cm³/mol. The maximum absolute atomic E-state index is 14.2. The van der Waals surface area contributed by atoms with Gasteiger partial charge in [-0.3, -0.25) is 4.79 Å². The predicted octanol–water partition coefficient (Wildman–Crippen LogP) is 1.62. The number of carbonyl (C=O) groups excluding carboxylic acids is 1. The van der Waals surface area contributed by atoms with Gasteiger partial charge in [0.2, 0.25) is 5.88 Å². The van der Waals surface area contributed by atoms with Crippen molar-refractivity contribution in [2.45, 2.75) is 26.8 Å². The molecular formula is C15H18F2N4O2. The number of guanidine groups is 1. The lowest BCUT2D eigenvalue weighted by molar-refractivity contribution is -0.117. The van der Waals surface area contributed by atoms with Crippen molar-refractivity contribution < 1.29 is 18.7 Å². The second kappa shape index (κ2) is 6.23. The van der Waals surface area contributed by atoms with Gasteiger partial charge in [0, 0.05) is 17.6 Å². The third-order valence-corrected chi connectivity index (χ3v) is 3.32. The quantitative estimate of drug-likeness (QED) is 0.587. The van der Waals surface area contributed by atoms with Crippen molar-refractivity contribution in [3.05, 3.63) is 29.5 Å². The van der Waals surface area contributed by atoms with E-state index in [0.29, 0.717) is 0 Å². The number of fused-ring (bicyclic) bond motifs is 1. The van der Waals surface area contributed by atoms with Crippen molar-refractivity contribution in [3.63, 3.8) is 0 Å². The molecule has 2 rings (SSSR count). The Labute approximate surface area is 131 Å². The zero-order chi connectivity index (χ0) is 17.3. The second-order valence-electron chi connectivity index (χ2n) is 5.66. The third kappa shape index (κ3) is 3.25. The highest BCUT2D eigenvalue weighted by Crippen LogP contribution is 2.36. The highest BCUT2D eigenvalue weighted by Gasteiger charge is 2.24. The van der Waals surface area contributed by atoms with E-state index in [0.717, 1.165) is 12.1 Å². The fraction of sp³-hybridized carbons (Fsp3) is 0.333. The van der Waals surface area contributed by atoms with Gasteiger partial charge in [-0.1, -0.05) is 13.8 Å². The number of hydrogen-bond donors (Lipinski definition) is 3. The van der Waals surface area contributed by atoms with Crippen molar-refractivity contribution in [2.75, 3.05) is 0 Å². The first-order valence-electron chi connectivity index (χ1n) is 7.02. The molecule has 0 saturated carbocycles. The number of hydrogen-bond acceptors (Lipinski definition) is 2. The molecule has 0 bridgehead atoms. The summed E-state index contributed by atoms with van der Waals surface area (Å²) in [6, 6.07) is 1.88.